The van der Waals surface area contributed by atoms with Crippen LogP contribution < -0.4 is 10.1 Å². The molecule has 8 nitrogen and oxygen atoms in total. The van der Waals surface area contributed by atoms with E-state index in [0.29, 0.717) is 22.2 Å². The van der Waals surface area contributed by atoms with Gasteiger partial charge in [-0.1, -0.05) is 42.1 Å². The molecule has 0 radical (unpaired) electrons. The summed E-state index contributed by atoms with van der Waals surface area (Å²) < 4.78 is 6.86. The van der Waals surface area contributed by atoms with Crippen LogP contribution in [0.2, 0.25) is 0 Å². The van der Waals surface area contributed by atoms with E-state index >= 15 is 0 Å². The van der Waals surface area contributed by atoms with Gasteiger partial charge in [-0.3, -0.25) is 9.59 Å². The summed E-state index contributed by atoms with van der Waals surface area (Å²) in [6, 6.07) is 16.4. The molecule has 0 fully saturated rings. The van der Waals surface area contributed by atoms with Crippen molar-refractivity contribution in [2.45, 2.75) is 11.7 Å². The second kappa shape index (κ2) is 8.42. The van der Waals surface area contributed by atoms with Crippen molar-refractivity contribution >= 4 is 40.1 Å². The fourth-order valence-corrected chi connectivity index (χ4v) is 3.79. The number of ether oxygens (including phenoxy) is 1. The van der Waals surface area contributed by atoms with Crippen molar-refractivity contribution in [2.24, 2.45) is 0 Å². The Kier molecular flexibility index (Phi) is 5.53. The van der Waals surface area contributed by atoms with E-state index in [9.17, 15) is 9.59 Å². The number of thioether (sulfide) groups is 1. The normalized spacial score (nSPS) is 11.0. The van der Waals surface area contributed by atoms with E-state index in [-0.39, 0.29) is 18.2 Å². The number of aromatic nitrogens is 3. The maximum Gasteiger partial charge on any atom is 0.313 e. The van der Waals surface area contributed by atoms with Crippen molar-refractivity contribution in [1.82, 2.24) is 19.9 Å². The van der Waals surface area contributed by atoms with E-state index < -0.39 is 5.97 Å². The standard InChI is InChI=1S/C21H18N4O4S/c1-29-18-9-5-3-7-15(18)20(28)22-11-13-10-17-14-6-2-4-8-16(14)23-21(25(17)24-13)30-12-19(26)27/h2-10H,11-12H2,1H3,(H,22,28)(H,26,27). The number of rotatable bonds is 7. The van der Waals surface area contributed by atoms with E-state index in [2.05, 4.69) is 15.4 Å². The van der Waals surface area contributed by atoms with Crippen molar-refractivity contribution in [3.63, 3.8) is 0 Å². The van der Waals surface area contributed by atoms with E-state index in [1.807, 2.05) is 30.3 Å². The lowest BCUT2D eigenvalue weighted by Crippen LogP contribution is -2.23. The molecule has 4 aromatic rings. The third-order valence-corrected chi connectivity index (χ3v) is 5.36. The first-order valence-corrected chi connectivity index (χ1v) is 10.1. The van der Waals surface area contributed by atoms with Gasteiger partial charge in [-0.2, -0.15) is 5.10 Å². The molecule has 0 aliphatic carbocycles. The predicted molar refractivity (Wildman–Crippen MR) is 113 cm³/mol. The van der Waals surface area contributed by atoms with Gasteiger partial charge in [-0.25, -0.2) is 9.50 Å². The Balaban J connectivity index is 1.65. The van der Waals surface area contributed by atoms with Gasteiger partial charge in [0.2, 0.25) is 0 Å². The highest BCUT2D eigenvalue weighted by Crippen LogP contribution is 2.25. The molecule has 2 aromatic carbocycles. The van der Waals surface area contributed by atoms with Crippen LogP contribution in [-0.2, 0) is 11.3 Å². The first-order chi connectivity index (χ1) is 14.6. The Hall–Kier alpha value is -3.59. The minimum atomic E-state index is -0.931. The average Bonchev–Trinajstić information content (AvgIpc) is 3.20. The highest BCUT2D eigenvalue weighted by Gasteiger charge is 2.15. The van der Waals surface area contributed by atoms with Gasteiger partial charge >= 0.3 is 5.97 Å². The van der Waals surface area contributed by atoms with Crippen LogP contribution in [0, 0.1) is 0 Å². The molecule has 0 bridgehead atoms. The molecular weight excluding hydrogens is 404 g/mol. The molecule has 2 heterocycles. The molecular formula is C21H18N4O4S. The topological polar surface area (TPSA) is 106 Å². The summed E-state index contributed by atoms with van der Waals surface area (Å²) in [6.07, 6.45) is 0. The smallest absolute Gasteiger partial charge is 0.313 e. The number of fused-ring (bicyclic) bond motifs is 3. The number of benzene rings is 2. The quantitative estimate of drug-likeness (QED) is 0.348. The van der Waals surface area contributed by atoms with Gasteiger partial charge in [-0.05, 0) is 24.3 Å². The van der Waals surface area contributed by atoms with Gasteiger partial charge in [0.15, 0.2) is 5.16 Å². The minimum absolute atomic E-state index is 0.125. The molecule has 4 rings (SSSR count). The summed E-state index contributed by atoms with van der Waals surface area (Å²) in [5.41, 5.74) is 2.62. The van der Waals surface area contributed by atoms with Crippen molar-refractivity contribution < 1.29 is 19.4 Å². The lowest BCUT2D eigenvalue weighted by molar-refractivity contribution is -0.133. The Morgan fingerprint density at radius 3 is 2.73 bits per heavy atom. The highest BCUT2D eigenvalue weighted by atomic mass is 32.2. The number of amides is 1. The van der Waals surface area contributed by atoms with Crippen LogP contribution in [0.4, 0.5) is 0 Å². The molecule has 0 saturated carbocycles. The zero-order valence-electron chi connectivity index (χ0n) is 16.0. The number of hydrogen-bond donors (Lipinski definition) is 2. The first kappa shape index (κ1) is 19.7. The summed E-state index contributed by atoms with van der Waals surface area (Å²) in [6.45, 7) is 0.204. The van der Waals surface area contributed by atoms with E-state index in [4.69, 9.17) is 9.84 Å². The van der Waals surface area contributed by atoms with Crippen molar-refractivity contribution in [2.75, 3.05) is 12.9 Å². The Morgan fingerprint density at radius 1 is 1.17 bits per heavy atom. The fourth-order valence-electron chi connectivity index (χ4n) is 3.11. The molecule has 0 aliphatic rings. The molecule has 0 aliphatic heterocycles. The summed E-state index contributed by atoms with van der Waals surface area (Å²) in [7, 11) is 1.52. The number of nitrogens with zero attached hydrogens (tertiary/aromatic N) is 3. The van der Waals surface area contributed by atoms with E-state index in [1.54, 1.807) is 28.8 Å². The molecule has 0 spiro atoms. The summed E-state index contributed by atoms with van der Waals surface area (Å²) >= 11 is 1.10. The molecule has 152 valence electrons. The molecule has 9 heteroatoms. The maximum atomic E-state index is 12.6. The lowest BCUT2D eigenvalue weighted by atomic mass is 10.2. The largest absolute Gasteiger partial charge is 0.496 e. The van der Waals surface area contributed by atoms with Crippen LogP contribution in [0.1, 0.15) is 16.1 Å². The monoisotopic (exact) mass is 422 g/mol. The molecule has 2 N–H and O–H groups in total. The number of hydrogen-bond acceptors (Lipinski definition) is 6. The number of carboxylic acids is 1. The molecule has 30 heavy (non-hydrogen) atoms. The molecule has 0 saturated heterocycles. The lowest BCUT2D eigenvalue weighted by Gasteiger charge is -2.08. The van der Waals surface area contributed by atoms with E-state index in [0.717, 1.165) is 28.2 Å². The van der Waals surface area contributed by atoms with Gasteiger partial charge < -0.3 is 15.2 Å². The number of carbonyl (C=O) groups excluding carboxylic acids is 1. The predicted octanol–water partition coefficient (Wildman–Crippen LogP) is 3.00. The number of carbonyl (C=O) groups is 2. The van der Waals surface area contributed by atoms with Gasteiger partial charge in [-0.15, -0.1) is 0 Å². The first-order valence-electron chi connectivity index (χ1n) is 9.10. The van der Waals surface area contributed by atoms with Crippen molar-refractivity contribution in [3.05, 3.63) is 65.9 Å². The fraction of sp³-hybridized carbons (Fsp3) is 0.143. The zero-order chi connectivity index (χ0) is 21.1. The van der Waals surface area contributed by atoms with Crippen LogP contribution >= 0.6 is 11.8 Å². The Bertz CT molecular complexity index is 1250. The molecule has 0 atom stereocenters. The van der Waals surface area contributed by atoms with Crippen LogP contribution in [0.3, 0.4) is 0 Å². The number of aliphatic carboxylic acids is 1. The third kappa shape index (κ3) is 3.92. The van der Waals surface area contributed by atoms with Crippen LogP contribution in [-0.4, -0.2) is 44.4 Å². The van der Waals surface area contributed by atoms with Crippen LogP contribution in [0.5, 0.6) is 5.75 Å². The second-order valence-electron chi connectivity index (χ2n) is 6.41. The van der Waals surface area contributed by atoms with Gasteiger partial charge in [0, 0.05) is 5.39 Å². The van der Waals surface area contributed by atoms with Gasteiger partial charge in [0.1, 0.15) is 5.75 Å². The summed E-state index contributed by atoms with van der Waals surface area (Å²) in [5, 5.41) is 17.8. The number of nitrogens with one attached hydrogen (secondary N) is 1. The third-order valence-electron chi connectivity index (χ3n) is 4.44. The summed E-state index contributed by atoms with van der Waals surface area (Å²) in [4.78, 5) is 28.1. The van der Waals surface area contributed by atoms with Crippen molar-refractivity contribution in [1.29, 1.82) is 0 Å². The average molecular weight is 422 g/mol. The van der Waals surface area contributed by atoms with Gasteiger partial charge in [0.25, 0.3) is 5.91 Å². The Labute approximate surface area is 175 Å². The Morgan fingerprint density at radius 2 is 1.93 bits per heavy atom. The number of carboxylic acid groups (broad SMARTS) is 1. The maximum absolute atomic E-state index is 12.6. The molecule has 1 amide bonds. The summed E-state index contributed by atoms with van der Waals surface area (Å²) in [5.74, 6) is -0.833. The second-order valence-corrected chi connectivity index (χ2v) is 7.35. The zero-order valence-corrected chi connectivity index (χ0v) is 16.8. The minimum Gasteiger partial charge on any atom is -0.496 e. The highest BCUT2D eigenvalue weighted by molar-refractivity contribution is 7.99. The van der Waals surface area contributed by atoms with Crippen LogP contribution in [0.15, 0.2) is 59.8 Å². The SMILES string of the molecule is COc1ccccc1C(=O)NCc1cc2c3ccccc3nc(SCC(=O)O)n2n1. The van der Waals surface area contributed by atoms with Gasteiger partial charge in [0.05, 0.1) is 41.7 Å². The molecule has 2 aromatic heterocycles. The number of methoxy groups -OCH3 is 1. The van der Waals surface area contributed by atoms with E-state index in [1.165, 1.54) is 7.11 Å². The molecule has 0 unspecified atom stereocenters. The van der Waals surface area contributed by atoms with Crippen molar-refractivity contribution in [3.8, 4) is 5.75 Å². The number of para-hydroxylation sites is 2. The van der Waals surface area contributed by atoms with Crippen LogP contribution in [0.25, 0.3) is 16.4 Å².